The Hall–Kier alpha value is -2.60. The molecule has 138 valence electrons. The molecule has 0 saturated heterocycles. The fourth-order valence-corrected chi connectivity index (χ4v) is 3.47. The second-order valence-electron chi connectivity index (χ2n) is 6.57. The Balaban J connectivity index is 1.95. The van der Waals surface area contributed by atoms with Gasteiger partial charge >= 0.3 is 5.97 Å². The molecule has 0 bridgehead atoms. The molecule has 6 nitrogen and oxygen atoms in total. The normalized spacial score (nSPS) is 16.8. The maximum Gasteiger partial charge on any atom is 0.305 e. The first-order chi connectivity index (χ1) is 12.5. The maximum absolute atomic E-state index is 11.5. The van der Waals surface area contributed by atoms with E-state index in [0.717, 1.165) is 35.3 Å². The van der Waals surface area contributed by atoms with Crippen molar-refractivity contribution in [1.82, 2.24) is 9.88 Å². The van der Waals surface area contributed by atoms with Crippen LogP contribution in [0.4, 0.5) is 0 Å². The monoisotopic (exact) mass is 356 g/mol. The third-order valence-electron chi connectivity index (χ3n) is 4.82. The Morgan fingerprint density at radius 2 is 2.00 bits per heavy atom. The number of benzene rings is 1. The second-order valence-corrected chi connectivity index (χ2v) is 6.57. The van der Waals surface area contributed by atoms with Crippen LogP contribution < -0.4 is 9.47 Å². The van der Waals surface area contributed by atoms with E-state index in [-0.39, 0.29) is 12.5 Å². The number of hydrogen-bond donors (Lipinski definition) is 1. The predicted molar refractivity (Wildman–Crippen MR) is 97.6 cm³/mol. The third kappa shape index (κ3) is 3.80. The van der Waals surface area contributed by atoms with Crippen molar-refractivity contribution in [2.24, 2.45) is 0 Å². The van der Waals surface area contributed by atoms with Crippen LogP contribution in [-0.2, 0) is 17.8 Å². The van der Waals surface area contributed by atoms with Gasteiger partial charge in [0.15, 0.2) is 11.5 Å². The molecule has 0 radical (unpaired) electrons. The van der Waals surface area contributed by atoms with Crippen molar-refractivity contribution in [3.8, 4) is 11.5 Å². The second kappa shape index (κ2) is 7.74. The lowest BCUT2D eigenvalue weighted by atomic mass is 9.90. The Labute approximate surface area is 153 Å². The largest absolute Gasteiger partial charge is 0.493 e. The fraction of sp³-hybridized carbons (Fsp3) is 0.400. The van der Waals surface area contributed by atoms with E-state index < -0.39 is 5.97 Å². The SMILES string of the molecule is COc1cc2c(cc1OC)C(CC(=O)O)N(Cc1ccc(C)cn1)CC2. The van der Waals surface area contributed by atoms with Gasteiger partial charge in [-0.3, -0.25) is 14.7 Å². The Morgan fingerprint density at radius 3 is 2.62 bits per heavy atom. The summed E-state index contributed by atoms with van der Waals surface area (Å²) in [6.07, 6.45) is 2.71. The van der Waals surface area contributed by atoms with E-state index in [2.05, 4.69) is 9.88 Å². The van der Waals surface area contributed by atoms with Crippen LogP contribution in [0.3, 0.4) is 0 Å². The minimum atomic E-state index is -0.820. The Bertz CT molecular complexity index is 789. The predicted octanol–water partition coefficient (Wildman–Crippen LogP) is 2.98. The molecule has 2 heterocycles. The van der Waals surface area contributed by atoms with Crippen molar-refractivity contribution < 1.29 is 19.4 Å². The minimum Gasteiger partial charge on any atom is -0.493 e. The van der Waals surface area contributed by atoms with Crippen molar-refractivity contribution >= 4 is 5.97 Å². The number of carbonyl (C=O) groups is 1. The van der Waals surface area contributed by atoms with Gasteiger partial charge < -0.3 is 14.6 Å². The highest BCUT2D eigenvalue weighted by Gasteiger charge is 2.31. The molecule has 2 aromatic rings. The van der Waals surface area contributed by atoms with Crippen LogP contribution >= 0.6 is 0 Å². The molecule has 1 aliphatic rings. The molecule has 0 fully saturated rings. The number of fused-ring (bicyclic) bond motifs is 1. The maximum atomic E-state index is 11.5. The van der Waals surface area contributed by atoms with Crippen LogP contribution in [0.1, 0.15) is 34.8 Å². The quantitative estimate of drug-likeness (QED) is 0.858. The zero-order valence-corrected chi connectivity index (χ0v) is 15.4. The van der Waals surface area contributed by atoms with Gasteiger partial charge in [0.25, 0.3) is 0 Å². The molecule has 1 aromatic heterocycles. The summed E-state index contributed by atoms with van der Waals surface area (Å²) in [7, 11) is 3.20. The molecule has 26 heavy (non-hydrogen) atoms. The van der Waals surface area contributed by atoms with Gasteiger partial charge in [-0.15, -0.1) is 0 Å². The van der Waals surface area contributed by atoms with Gasteiger partial charge in [-0.1, -0.05) is 6.07 Å². The van der Waals surface area contributed by atoms with Crippen LogP contribution in [0.2, 0.25) is 0 Å². The van der Waals surface area contributed by atoms with Gasteiger partial charge in [0, 0.05) is 25.3 Å². The molecule has 6 heteroatoms. The average molecular weight is 356 g/mol. The molecular weight excluding hydrogens is 332 g/mol. The van der Waals surface area contributed by atoms with Crippen LogP contribution in [0.5, 0.6) is 11.5 Å². The summed E-state index contributed by atoms with van der Waals surface area (Å²) in [5, 5.41) is 9.44. The number of carboxylic acids is 1. The topological polar surface area (TPSA) is 71.9 Å². The summed E-state index contributed by atoms with van der Waals surface area (Å²) in [5.74, 6) is 0.477. The number of methoxy groups -OCH3 is 2. The number of aromatic nitrogens is 1. The number of aliphatic carboxylic acids is 1. The van der Waals surface area contributed by atoms with E-state index in [9.17, 15) is 9.90 Å². The first-order valence-electron chi connectivity index (χ1n) is 8.64. The molecule has 3 rings (SSSR count). The lowest BCUT2D eigenvalue weighted by Gasteiger charge is -2.37. The van der Waals surface area contributed by atoms with E-state index in [0.29, 0.717) is 18.0 Å². The first kappa shape index (κ1) is 18.2. The summed E-state index contributed by atoms with van der Waals surface area (Å²) in [5.41, 5.74) is 4.15. The zero-order valence-electron chi connectivity index (χ0n) is 15.4. The number of hydrogen-bond acceptors (Lipinski definition) is 5. The lowest BCUT2D eigenvalue weighted by Crippen LogP contribution is -2.36. The summed E-state index contributed by atoms with van der Waals surface area (Å²) < 4.78 is 10.8. The van der Waals surface area contributed by atoms with Crippen LogP contribution in [-0.4, -0.2) is 41.7 Å². The highest BCUT2D eigenvalue weighted by Crippen LogP contribution is 2.39. The number of nitrogens with zero attached hydrogens (tertiary/aromatic N) is 2. The number of carboxylic acid groups (broad SMARTS) is 1. The van der Waals surface area contributed by atoms with Crippen molar-refractivity contribution in [1.29, 1.82) is 0 Å². The number of ether oxygens (including phenoxy) is 2. The van der Waals surface area contributed by atoms with Gasteiger partial charge in [-0.2, -0.15) is 0 Å². The van der Waals surface area contributed by atoms with E-state index in [1.807, 2.05) is 37.4 Å². The van der Waals surface area contributed by atoms with Crippen molar-refractivity contribution in [3.05, 3.63) is 52.8 Å². The van der Waals surface area contributed by atoms with E-state index in [1.54, 1.807) is 14.2 Å². The summed E-state index contributed by atoms with van der Waals surface area (Å²) in [6.45, 7) is 3.39. The molecule has 0 spiro atoms. The fourth-order valence-electron chi connectivity index (χ4n) is 3.47. The summed E-state index contributed by atoms with van der Waals surface area (Å²) in [4.78, 5) is 18.1. The van der Waals surface area contributed by atoms with E-state index in [1.165, 1.54) is 0 Å². The Morgan fingerprint density at radius 1 is 1.27 bits per heavy atom. The molecule has 0 amide bonds. The highest BCUT2D eigenvalue weighted by molar-refractivity contribution is 5.68. The number of aryl methyl sites for hydroxylation is 1. The molecule has 1 N–H and O–H groups in total. The molecular formula is C20H24N2O4. The van der Waals surface area contributed by atoms with Gasteiger partial charge in [0.1, 0.15) is 0 Å². The van der Waals surface area contributed by atoms with Crippen LogP contribution in [0.15, 0.2) is 30.5 Å². The molecule has 0 saturated carbocycles. The van der Waals surface area contributed by atoms with Gasteiger partial charge in [0.2, 0.25) is 0 Å². The average Bonchev–Trinajstić information content (AvgIpc) is 2.64. The number of rotatable bonds is 6. The highest BCUT2D eigenvalue weighted by atomic mass is 16.5. The smallest absolute Gasteiger partial charge is 0.305 e. The standard InChI is InChI=1S/C20H24N2O4/c1-13-4-5-15(21-11-13)12-22-7-6-14-8-18(25-2)19(26-3)9-16(14)17(22)10-20(23)24/h4-5,8-9,11,17H,6-7,10,12H2,1-3H3,(H,23,24). The lowest BCUT2D eigenvalue weighted by molar-refractivity contribution is -0.138. The van der Waals surface area contributed by atoms with Gasteiger partial charge in [0.05, 0.1) is 26.3 Å². The number of pyridine rings is 1. The van der Waals surface area contributed by atoms with Gasteiger partial charge in [-0.05, 0) is 48.2 Å². The van der Waals surface area contributed by atoms with Gasteiger partial charge in [-0.25, -0.2) is 0 Å². The van der Waals surface area contributed by atoms with E-state index >= 15 is 0 Å². The molecule has 1 aromatic carbocycles. The summed E-state index contributed by atoms with van der Waals surface area (Å²) in [6, 6.07) is 7.68. The van der Waals surface area contributed by atoms with Crippen molar-refractivity contribution in [3.63, 3.8) is 0 Å². The molecule has 0 aliphatic carbocycles. The summed E-state index contributed by atoms with van der Waals surface area (Å²) >= 11 is 0. The first-order valence-corrected chi connectivity index (χ1v) is 8.64. The van der Waals surface area contributed by atoms with Crippen molar-refractivity contribution in [2.45, 2.75) is 32.4 Å². The molecule has 1 aliphatic heterocycles. The van der Waals surface area contributed by atoms with E-state index in [4.69, 9.17) is 9.47 Å². The Kier molecular flexibility index (Phi) is 5.42. The molecule has 1 unspecified atom stereocenters. The molecule has 1 atom stereocenters. The van der Waals surface area contributed by atoms with Crippen LogP contribution in [0, 0.1) is 6.92 Å². The van der Waals surface area contributed by atoms with Crippen molar-refractivity contribution in [2.75, 3.05) is 20.8 Å². The zero-order chi connectivity index (χ0) is 18.7. The van der Waals surface area contributed by atoms with Crippen LogP contribution in [0.25, 0.3) is 0 Å². The minimum absolute atomic E-state index is 0.0361. The third-order valence-corrected chi connectivity index (χ3v) is 4.82.